The molecule has 0 aromatic heterocycles. The Kier molecular flexibility index (Phi) is 9.50. The first-order valence-electron chi connectivity index (χ1n) is 11.8. The van der Waals surface area contributed by atoms with Gasteiger partial charge in [0.25, 0.3) is 0 Å². The molecule has 0 spiro atoms. The molecule has 2 aromatic rings. The second-order valence-corrected chi connectivity index (χ2v) is 9.44. The van der Waals surface area contributed by atoms with Gasteiger partial charge in [0, 0.05) is 45.0 Å². The van der Waals surface area contributed by atoms with Crippen LogP contribution in [0.3, 0.4) is 0 Å². The van der Waals surface area contributed by atoms with E-state index in [4.69, 9.17) is 0 Å². The third-order valence-electron chi connectivity index (χ3n) is 7.32. The SMILES string of the molecule is [CH2-]Cc1cccc(CC2CCC(=O)C2c2ccc(C(O)CC3CCCCC3)cc2)c1.[Y]. The van der Waals surface area contributed by atoms with Crippen molar-refractivity contribution in [3.63, 3.8) is 0 Å². The summed E-state index contributed by atoms with van der Waals surface area (Å²) in [4.78, 5) is 12.7. The summed E-state index contributed by atoms with van der Waals surface area (Å²) < 4.78 is 0. The van der Waals surface area contributed by atoms with E-state index in [9.17, 15) is 9.90 Å². The van der Waals surface area contributed by atoms with Gasteiger partial charge in [-0.2, -0.15) is 6.42 Å². The fourth-order valence-electron chi connectivity index (χ4n) is 5.61. The molecule has 31 heavy (non-hydrogen) atoms. The molecule has 1 radical (unpaired) electrons. The summed E-state index contributed by atoms with van der Waals surface area (Å²) in [5.41, 5.74) is 4.67. The average molecular weight is 492 g/mol. The molecule has 1 N–H and O–H groups in total. The molecular weight excluding hydrogens is 457 g/mol. The minimum absolute atomic E-state index is 0. The number of carbonyl (C=O) groups excluding carboxylic acids is 1. The van der Waals surface area contributed by atoms with E-state index in [2.05, 4.69) is 55.5 Å². The molecule has 4 rings (SSSR count). The predicted molar refractivity (Wildman–Crippen MR) is 122 cm³/mol. The summed E-state index contributed by atoms with van der Waals surface area (Å²) in [6, 6.07) is 16.9. The molecular formula is C28H35O2Y-. The van der Waals surface area contributed by atoms with E-state index in [1.807, 2.05) is 0 Å². The molecule has 0 bridgehead atoms. The van der Waals surface area contributed by atoms with Crippen molar-refractivity contribution in [3.8, 4) is 0 Å². The summed E-state index contributed by atoms with van der Waals surface area (Å²) in [5, 5.41) is 10.7. The Morgan fingerprint density at radius 2 is 1.68 bits per heavy atom. The second-order valence-electron chi connectivity index (χ2n) is 9.44. The van der Waals surface area contributed by atoms with Crippen molar-refractivity contribution in [1.29, 1.82) is 0 Å². The molecule has 2 saturated carbocycles. The molecule has 0 saturated heterocycles. The van der Waals surface area contributed by atoms with Gasteiger partial charge in [-0.05, 0) is 47.8 Å². The van der Waals surface area contributed by atoms with Crippen LogP contribution in [0, 0.1) is 18.8 Å². The standard InChI is InChI=1S/C28H35O2.Y/c1-2-20-9-6-10-22(17-20)18-25-15-16-26(29)28(25)24-13-11-23(12-14-24)27(30)19-21-7-4-3-5-8-21;/h6,9-14,17,21,25,27-28,30H,1-5,7-8,15-16,18-19H2;/q-1;. The van der Waals surface area contributed by atoms with Crippen LogP contribution < -0.4 is 0 Å². The number of hydrogen-bond donors (Lipinski definition) is 1. The van der Waals surface area contributed by atoms with E-state index in [1.165, 1.54) is 43.2 Å². The molecule has 2 aliphatic carbocycles. The van der Waals surface area contributed by atoms with Crippen molar-refractivity contribution >= 4 is 5.78 Å². The van der Waals surface area contributed by atoms with Crippen LogP contribution in [0.25, 0.3) is 0 Å². The number of benzene rings is 2. The van der Waals surface area contributed by atoms with Crippen molar-refractivity contribution < 1.29 is 42.6 Å². The number of carbonyl (C=O) groups is 1. The van der Waals surface area contributed by atoms with Gasteiger partial charge in [-0.25, -0.2) is 0 Å². The van der Waals surface area contributed by atoms with E-state index in [0.717, 1.165) is 36.8 Å². The van der Waals surface area contributed by atoms with E-state index < -0.39 is 0 Å². The predicted octanol–water partition coefficient (Wildman–Crippen LogP) is 6.37. The van der Waals surface area contributed by atoms with Gasteiger partial charge in [0.15, 0.2) is 0 Å². The Morgan fingerprint density at radius 3 is 2.39 bits per heavy atom. The molecule has 0 amide bonds. The first-order chi connectivity index (χ1) is 14.6. The van der Waals surface area contributed by atoms with Crippen LogP contribution in [0.4, 0.5) is 0 Å². The van der Waals surface area contributed by atoms with Crippen LogP contribution in [0.5, 0.6) is 0 Å². The van der Waals surface area contributed by atoms with Gasteiger partial charge < -0.3 is 12.0 Å². The quantitative estimate of drug-likeness (QED) is 0.456. The zero-order valence-corrected chi connectivity index (χ0v) is 21.5. The molecule has 2 fully saturated rings. The molecule has 3 heteroatoms. The van der Waals surface area contributed by atoms with Crippen molar-refractivity contribution in [2.45, 2.75) is 76.2 Å². The number of Topliss-reactive ketones (excluding diaryl/α,β-unsaturated/α-hetero) is 1. The van der Waals surface area contributed by atoms with Gasteiger partial charge in [-0.15, -0.1) is 0 Å². The Morgan fingerprint density at radius 1 is 0.968 bits per heavy atom. The van der Waals surface area contributed by atoms with Gasteiger partial charge in [-0.1, -0.05) is 86.2 Å². The number of rotatable bonds is 7. The van der Waals surface area contributed by atoms with Crippen LogP contribution in [0.15, 0.2) is 48.5 Å². The summed E-state index contributed by atoms with van der Waals surface area (Å²) in [6.07, 6.45) is 10.3. The summed E-state index contributed by atoms with van der Waals surface area (Å²) in [5.74, 6) is 1.36. The maximum absolute atomic E-state index is 12.7. The minimum Gasteiger partial charge on any atom is -0.388 e. The van der Waals surface area contributed by atoms with Gasteiger partial charge in [0.1, 0.15) is 5.78 Å². The Labute approximate surface area is 213 Å². The molecule has 2 nitrogen and oxygen atoms in total. The first-order valence-corrected chi connectivity index (χ1v) is 11.8. The number of hydrogen-bond acceptors (Lipinski definition) is 2. The van der Waals surface area contributed by atoms with Gasteiger partial charge in [0.05, 0.1) is 6.10 Å². The summed E-state index contributed by atoms with van der Waals surface area (Å²) in [6.45, 7) is 3.99. The van der Waals surface area contributed by atoms with Crippen LogP contribution in [0.2, 0.25) is 0 Å². The topological polar surface area (TPSA) is 37.3 Å². The molecule has 3 atom stereocenters. The smallest absolute Gasteiger partial charge is 0.140 e. The molecule has 3 unspecified atom stereocenters. The second kappa shape index (κ2) is 11.9. The van der Waals surface area contributed by atoms with Crippen LogP contribution in [-0.4, -0.2) is 10.9 Å². The van der Waals surface area contributed by atoms with Crippen LogP contribution in [0.1, 0.15) is 85.6 Å². The number of ketones is 1. The number of aliphatic hydroxyl groups is 1. The average Bonchev–Trinajstić information content (AvgIpc) is 3.14. The molecule has 2 aromatic carbocycles. The van der Waals surface area contributed by atoms with Crippen molar-refractivity contribution in [3.05, 3.63) is 77.7 Å². The monoisotopic (exact) mass is 492 g/mol. The fraction of sp³-hybridized carbons (Fsp3) is 0.500. The minimum atomic E-state index is -0.386. The van der Waals surface area contributed by atoms with Crippen LogP contribution in [-0.2, 0) is 50.3 Å². The van der Waals surface area contributed by atoms with Gasteiger partial charge >= 0.3 is 0 Å². The van der Waals surface area contributed by atoms with E-state index in [0.29, 0.717) is 24.0 Å². The summed E-state index contributed by atoms with van der Waals surface area (Å²) >= 11 is 0. The maximum Gasteiger partial charge on any atom is 0.140 e. The Bertz CT molecular complexity index is 838. The maximum atomic E-state index is 12.7. The molecule has 0 aliphatic heterocycles. The van der Waals surface area contributed by atoms with E-state index in [1.54, 1.807) is 0 Å². The van der Waals surface area contributed by atoms with Crippen LogP contribution >= 0.6 is 0 Å². The van der Waals surface area contributed by atoms with E-state index >= 15 is 0 Å². The van der Waals surface area contributed by atoms with Gasteiger partial charge in [-0.3, -0.25) is 4.79 Å². The van der Waals surface area contributed by atoms with E-state index in [-0.39, 0.29) is 44.7 Å². The zero-order chi connectivity index (χ0) is 20.9. The Balaban J connectivity index is 0.00000272. The zero-order valence-electron chi connectivity index (χ0n) is 18.6. The van der Waals surface area contributed by atoms with Gasteiger partial charge in [0.2, 0.25) is 0 Å². The third-order valence-corrected chi connectivity index (χ3v) is 7.32. The molecule has 163 valence electrons. The normalized spacial score (nSPS) is 22.8. The number of aliphatic hydroxyl groups excluding tert-OH is 1. The van der Waals surface area contributed by atoms with Crippen molar-refractivity contribution in [2.75, 3.05) is 0 Å². The largest absolute Gasteiger partial charge is 0.388 e. The summed E-state index contributed by atoms with van der Waals surface area (Å²) in [7, 11) is 0. The fourth-order valence-corrected chi connectivity index (χ4v) is 5.61. The third kappa shape index (κ3) is 6.37. The van der Waals surface area contributed by atoms with Crippen molar-refractivity contribution in [1.82, 2.24) is 0 Å². The Hall–Kier alpha value is -0.826. The first kappa shape index (κ1) is 24.8. The van der Waals surface area contributed by atoms with Crippen molar-refractivity contribution in [2.24, 2.45) is 11.8 Å². The molecule has 0 heterocycles. The molecule has 2 aliphatic rings.